The SMILES string of the molecule is CC(F)(F)CC(=O)C[C@H]1Cc2cccc(C(=O)OCOC(=O)Cc3ccccc3)c2OB1O. The molecule has 33 heavy (non-hydrogen) atoms. The molecule has 7 nitrogen and oxygen atoms in total. The second-order valence-electron chi connectivity index (χ2n) is 7.98. The number of rotatable bonds is 9. The fraction of sp³-hybridized carbons (Fsp3) is 0.348. The van der Waals surface area contributed by atoms with E-state index in [9.17, 15) is 28.2 Å². The van der Waals surface area contributed by atoms with Crippen LogP contribution in [-0.4, -0.2) is 42.6 Å². The van der Waals surface area contributed by atoms with E-state index in [1.54, 1.807) is 36.4 Å². The highest BCUT2D eigenvalue weighted by Crippen LogP contribution is 2.37. The van der Waals surface area contributed by atoms with Crippen LogP contribution in [0.15, 0.2) is 48.5 Å². The van der Waals surface area contributed by atoms with Gasteiger partial charge in [-0.15, -0.1) is 0 Å². The lowest BCUT2D eigenvalue weighted by Crippen LogP contribution is -2.36. The van der Waals surface area contributed by atoms with E-state index in [1.807, 2.05) is 6.07 Å². The molecule has 10 heteroatoms. The first-order valence-corrected chi connectivity index (χ1v) is 10.3. The molecule has 2 aromatic rings. The van der Waals surface area contributed by atoms with Crippen molar-refractivity contribution in [3.8, 4) is 5.75 Å². The van der Waals surface area contributed by atoms with Crippen molar-refractivity contribution in [2.45, 2.75) is 44.3 Å². The van der Waals surface area contributed by atoms with Gasteiger partial charge in [0.15, 0.2) is 0 Å². The molecule has 0 bridgehead atoms. The summed E-state index contributed by atoms with van der Waals surface area (Å²) in [6, 6.07) is 13.6. The first kappa shape index (κ1) is 24.4. The molecular formula is C23H23BF2O7. The second kappa shape index (κ2) is 10.6. The Kier molecular flexibility index (Phi) is 7.81. The van der Waals surface area contributed by atoms with Crippen LogP contribution in [0.5, 0.6) is 5.75 Å². The van der Waals surface area contributed by atoms with Crippen molar-refractivity contribution in [1.82, 2.24) is 0 Å². The van der Waals surface area contributed by atoms with Crippen molar-refractivity contribution < 1.29 is 42.3 Å². The van der Waals surface area contributed by atoms with Crippen LogP contribution in [0, 0.1) is 0 Å². The van der Waals surface area contributed by atoms with Gasteiger partial charge in [0, 0.05) is 12.2 Å². The highest BCUT2D eigenvalue weighted by Gasteiger charge is 2.39. The van der Waals surface area contributed by atoms with E-state index in [-0.39, 0.29) is 30.6 Å². The lowest BCUT2D eigenvalue weighted by atomic mass is 9.64. The van der Waals surface area contributed by atoms with Gasteiger partial charge in [0.1, 0.15) is 17.1 Å². The van der Waals surface area contributed by atoms with Crippen LogP contribution in [-0.2, 0) is 31.9 Å². The molecule has 0 saturated carbocycles. The van der Waals surface area contributed by atoms with Crippen LogP contribution in [0.1, 0.15) is 41.3 Å². The number of para-hydroxylation sites is 1. The lowest BCUT2D eigenvalue weighted by molar-refractivity contribution is -0.151. The fourth-order valence-corrected chi connectivity index (χ4v) is 3.57. The van der Waals surface area contributed by atoms with E-state index in [2.05, 4.69) is 0 Å². The number of benzene rings is 2. The number of hydrogen-bond acceptors (Lipinski definition) is 7. The number of ether oxygens (including phenoxy) is 2. The molecule has 1 N–H and O–H groups in total. The number of ketones is 1. The zero-order valence-corrected chi connectivity index (χ0v) is 18.0. The number of Topliss-reactive ketones (excluding diaryl/α,β-unsaturated/α-hetero) is 1. The van der Waals surface area contributed by atoms with Crippen molar-refractivity contribution in [2.75, 3.05) is 6.79 Å². The molecule has 1 heterocycles. The maximum atomic E-state index is 13.1. The highest BCUT2D eigenvalue weighted by atomic mass is 19.3. The molecule has 0 amide bonds. The Labute approximate surface area is 189 Å². The van der Waals surface area contributed by atoms with Gasteiger partial charge in [-0.2, -0.15) is 0 Å². The van der Waals surface area contributed by atoms with Gasteiger partial charge < -0.3 is 19.2 Å². The molecular weight excluding hydrogens is 437 g/mol. The Morgan fingerprint density at radius 1 is 1.12 bits per heavy atom. The van der Waals surface area contributed by atoms with Gasteiger partial charge in [0.2, 0.25) is 6.79 Å². The molecule has 3 rings (SSSR count). The molecule has 0 spiro atoms. The zero-order chi connectivity index (χ0) is 24.0. The average molecular weight is 460 g/mol. The summed E-state index contributed by atoms with van der Waals surface area (Å²) in [6.45, 7) is 0.0594. The third kappa shape index (κ3) is 7.11. The Morgan fingerprint density at radius 2 is 1.85 bits per heavy atom. The Bertz CT molecular complexity index is 1010. The number of fused-ring (bicyclic) bond motifs is 1. The molecule has 1 aliphatic rings. The van der Waals surface area contributed by atoms with Crippen LogP contribution in [0.3, 0.4) is 0 Å². The quantitative estimate of drug-likeness (QED) is 0.348. The van der Waals surface area contributed by atoms with Crippen LogP contribution in [0.2, 0.25) is 5.82 Å². The number of carbonyl (C=O) groups excluding carboxylic acids is 3. The minimum atomic E-state index is -3.13. The summed E-state index contributed by atoms with van der Waals surface area (Å²) in [5.41, 5.74) is 1.29. The molecule has 0 fully saturated rings. The van der Waals surface area contributed by atoms with Crippen molar-refractivity contribution in [2.24, 2.45) is 0 Å². The normalized spacial score (nSPS) is 15.3. The molecule has 1 atom stereocenters. The molecule has 0 aromatic heterocycles. The van der Waals surface area contributed by atoms with Crippen molar-refractivity contribution in [3.05, 3.63) is 65.2 Å². The van der Waals surface area contributed by atoms with E-state index in [0.717, 1.165) is 5.56 Å². The Balaban J connectivity index is 1.57. The fourth-order valence-electron chi connectivity index (χ4n) is 3.57. The number of esters is 2. The van der Waals surface area contributed by atoms with E-state index in [1.165, 1.54) is 6.07 Å². The summed E-state index contributed by atoms with van der Waals surface area (Å²) < 4.78 is 41.5. The molecule has 0 radical (unpaired) electrons. The summed E-state index contributed by atoms with van der Waals surface area (Å²) >= 11 is 0. The van der Waals surface area contributed by atoms with Crippen LogP contribution in [0.4, 0.5) is 8.78 Å². The van der Waals surface area contributed by atoms with Crippen LogP contribution < -0.4 is 4.65 Å². The molecule has 0 unspecified atom stereocenters. The van der Waals surface area contributed by atoms with E-state index in [0.29, 0.717) is 12.5 Å². The number of alkyl halides is 2. The number of halogens is 2. The molecule has 174 valence electrons. The lowest BCUT2D eigenvalue weighted by Gasteiger charge is -2.28. The second-order valence-corrected chi connectivity index (χ2v) is 7.98. The predicted octanol–water partition coefficient (Wildman–Crippen LogP) is 3.38. The third-order valence-corrected chi connectivity index (χ3v) is 5.04. The monoisotopic (exact) mass is 460 g/mol. The van der Waals surface area contributed by atoms with Crippen LogP contribution >= 0.6 is 0 Å². The average Bonchev–Trinajstić information content (AvgIpc) is 2.73. The minimum Gasteiger partial charge on any atom is -0.535 e. The van der Waals surface area contributed by atoms with Gasteiger partial charge in [-0.1, -0.05) is 42.5 Å². The molecule has 0 aliphatic carbocycles. The topological polar surface area (TPSA) is 99.1 Å². The van der Waals surface area contributed by atoms with Gasteiger partial charge >= 0.3 is 19.1 Å². The van der Waals surface area contributed by atoms with Gasteiger partial charge in [0.05, 0.1) is 12.8 Å². The Hall–Kier alpha value is -3.27. The summed E-state index contributed by atoms with van der Waals surface area (Å²) in [6.07, 6.45) is -1.02. The molecule has 0 saturated heterocycles. The van der Waals surface area contributed by atoms with Gasteiger partial charge in [-0.3, -0.25) is 9.59 Å². The predicted molar refractivity (Wildman–Crippen MR) is 114 cm³/mol. The van der Waals surface area contributed by atoms with Crippen molar-refractivity contribution in [1.29, 1.82) is 0 Å². The van der Waals surface area contributed by atoms with Crippen molar-refractivity contribution >= 4 is 24.8 Å². The van der Waals surface area contributed by atoms with Gasteiger partial charge in [-0.25, -0.2) is 13.6 Å². The maximum Gasteiger partial charge on any atom is 0.526 e. The summed E-state index contributed by atoms with van der Waals surface area (Å²) in [7, 11) is -1.45. The van der Waals surface area contributed by atoms with E-state index < -0.39 is 49.8 Å². The number of carbonyl (C=O) groups is 3. The molecule has 2 aromatic carbocycles. The highest BCUT2D eigenvalue weighted by molar-refractivity contribution is 6.47. The standard InChI is InChI=1S/C23H23BF2O7/c1-23(25,26)13-18(27)12-17-11-16-8-5-9-19(21(16)33-24(17)30)22(29)32-14-31-20(28)10-15-6-3-2-4-7-15/h2-9,17,30H,10-14H2,1H3/t17-/m1/s1. The summed E-state index contributed by atoms with van der Waals surface area (Å²) in [5, 5.41) is 10.3. The smallest absolute Gasteiger partial charge is 0.526 e. The first-order valence-electron chi connectivity index (χ1n) is 10.3. The largest absolute Gasteiger partial charge is 0.535 e. The zero-order valence-electron chi connectivity index (χ0n) is 18.0. The Morgan fingerprint density at radius 3 is 2.55 bits per heavy atom. The van der Waals surface area contributed by atoms with Crippen LogP contribution in [0.25, 0.3) is 0 Å². The third-order valence-electron chi connectivity index (χ3n) is 5.04. The summed E-state index contributed by atoms with van der Waals surface area (Å²) in [5.74, 6) is -5.86. The van der Waals surface area contributed by atoms with Gasteiger partial charge in [0.25, 0.3) is 5.92 Å². The first-order chi connectivity index (χ1) is 15.6. The van der Waals surface area contributed by atoms with E-state index >= 15 is 0 Å². The van der Waals surface area contributed by atoms with Gasteiger partial charge in [-0.05, 0) is 30.5 Å². The molecule has 1 aliphatic heterocycles. The summed E-state index contributed by atoms with van der Waals surface area (Å²) in [4.78, 5) is 36.2. The number of hydrogen-bond donors (Lipinski definition) is 1. The van der Waals surface area contributed by atoms with Crippen molar-refractivity contribution in [3.63, 3.8) is 0 Å². The minimum absolute atomic E-state index is 0.00975. The maximum absolute atomic E-state index is 13.1. The van der Waals surface area contributed by atoms with E-state index in [4.69, 9.17) is 14.1 Å².